The van der Waals surface area contributed by atoms with Gasteiger partial charge >= 0.3 is 0 Å². The van der Waals surface area contributed by atoms with Gasteiger partial charge in [-0.1, -0.05) is 46.3 Å². The summed E-state index contributed by atoms with van der Waals surface area (Å²) in [6, 6.07) is 17.1. The highest BCUT2D eigenvalue weighted by Gasteiger charge is 2.16. The molecular weight excluding hydrogens is 394 g/mol. The number of nitrogens with zero attached hydrogens (tertiary/aromatic N) is 2. The van der Waals surface area contributed by atoms with Gasteiger partial charge < -0.3 is 5.32 Å². The van der Waals surface area contributed by atoms with Crippen LogP contribution in [0, 0.1) is 0 Å². The average Bonchev–Trinajstić information content (AvgIpc) is 3.05. The van der Waals surface area contributed by atoms with E-state index in [2.05, 4.69) is 21.2 Å². The average molecular weight is 406 g/mol. The second-order valence-corrected chi connectivity index (χ2v) is 6.73. The molecule has 5 rings (SSSR count). The van der Waals surface area contributed by atoms with Gasteiger partial charge in [-0.3, -0.25) is 14.0 Å². The highest BCUT2D eigenvalue weighted by atomic mass is 79.9. The van der Waals surface area contributed by atoms with Crippen molar-refractivity contribution in [2.75, 3.05) is 10.6 Å². The SMILES string of the molecule is O=C(CBr)Nc1ccc2c(c1)nc1c3cccc4cccc(c(=O)n21)c43. The molecule has 5 nitrogen and oxygen atoms in total. The first-order valence-corrected chi connectivity index (χ1v) is 9.24. The van der Waals surface area contributed by atoms with Gasteiger partial charge in [0.05, 0.1) is 16.4 Å². The Labute approximate surface area is 155 Å². The molecule has 0 fully saturated rings. The van der Waals surface area contributed by atoms with Crippen molar-refractivity contribution in [1.82, 2.24) is 9.38 Å². The number of aromatic nitrogens is 2. The monoisotopic (exact) mass is 405 g/mol. The Balaban J connectivity index is 1.92. The maximum Gasteiger partial charge on any atom is 0.264 e. The first kappa shape index (κ1) is 15.3. The summed E-state index contributed by atoms with van der Waals surface area (Å²) in [6.45, 7) is 0. The molecule has 6 heteroatoms. The predicted molar refractivity (Wildman–Crippen MR) is 108 cm³/mol. The molecule has 1 N–H and O–H groups in total. The zero-order valence-corrected chi connectivity index (χ0v) is 15.1. The highest BCUT2D eigenvalue weighted by molar-refractivity contribution is 9.09. The smallest absolute Gasteiger partial charge is 0.264 e. The zero-order chi connectivity index (χ0) is 17.8. The lowest BCUT2D eigenvalue weighted by Gasteiger charge is -2.06. The van der Waals surface area contributed by atoms with Crippen LogP contribution < -0.4 is 10.9 Å². The summed E-state index contributed by atoms with van der Waals surface area (Å²) >= 11 is 3.13. The number of benzene rings is 3. The molecule has 0 aliphatic rings. The van der Waals surface area contributed by atoms with E-state index in [0.29, 0.717) is 22.2 Å². The van der Waals surface area contributed by atoms with E-state index in [4.69, 9.17) is 4.98 Å². The van der Waals surface area contributed by atoms with Crippen LogP contribution in [-0.2, 0) is 4.79 Å². The molecule has 2 aromatic heterocycles. The molecule has 2 heterocycles. The number of hydrogen-bond donors (Lipinski definition) is 1. The number of imidazole rings is 1. The maximum absolute atomic E-state index is 13.1. The third-order valence-corrected chi connectivity index (χ3v) is 5.15. The van der Waals surface area contributed by atoms with Crippen molar-refractivity contribution in [3.05, 3.63) is 65.0 Å². The third-order valence-electron chi connectivity index (χ3n) is 4.64. The Hall–Kier alpha value is -2.99. The molecule has 126 valence electrons. The molecule has 1 amide bonds. The summed E-state index contributed by atoms with van der Waals surface area (Å²) in [6.07, 6.45) is 0. The maximum atomic E-state index is 13.1. The lowest BCUT2D eigenvalue weighted by molar-refractivity contribution is -0.113. The minimum absolute atomic E-state index is 0.0796. The van der Waals surface area contributed by atoms with Crippen LogP contribution in [0.3, 0.4) is 0 Å². The van der Waals surface area contributed by atoms with Gasteiger partial charge in [0.25, 0.3) is 5.56 Å². The minimum atomic E-state index is -0.137. The molecule has 0 radical (unpaired) electrons. The quantitative estimate of drug-likeness (QED) is 0.452. The van der Waals surface area contributed by atoms with Gasteiger partial charge in [0, 0.05) is 21.8 Å². The number of halogens is 1. The van der Waals surface area contributed by atoms with E-state index in [-0.39, 0.29) is 16.8 Å². The number of anilines is 1. The van der Waals surface area contributed by atoms with Crippen LogP contribution in [0.5, 0.6) is 0 Å². The number of rotatable bonds is 2. The first-order chi connectivity index (χ1) is 12.7. The van der Waals surface area contributed by atoms with Crippen LogP contribution in [0.4, 0.5) is 5.69 Å². The predicted octanol–water partition coefficient (Wildman–Crippen LogP) is 3.93. The van der Waals surface area contributed by atoms with Crippen molar-refractivity contribution < 1.29 is 4.79 Å². The van der Waals surface area contributed by atoms with Crippen molar-refractivity contribution in [2.45, 2.75) is 0 Å². The van der Waals surface area contributed by atoms with Crippen LogP contribution in [0.2, 0.25) is 0 Å². The topological polar surface area (TPSA) is 63.5 Å². The Morgan fingerprint density at radius 2 is 1.85 bits per heavy atom. The van der Waals surface area contributed by atoms with E-state index in [9.17, 15) is 9.59 Å². The highest BCUT2D eigenvalue weighted by Crippen LogP contribution is 2.30. The standard InChI is InChI=1S/C20H12BrN3O2/c21-10-17(25)22-12-7-8-16-15(9-12)23-19-13-5-1-3-11-4-2-6-14(18(11)13)20(26)24(16)19/h1-9H,10H2,(H,22,25). The number of amides is 1. The van der Waals surface area contributed by atoms with E-state index < -0.39 is 0 Å². The van der Waals surface area contributed by atoms with Crippen LogP contribution in [0.15, 0.2) is 59.4 Å². The Morgan fingerprint density at radius 3 is 2.62 bits per heavy atom. The molecule has 0 bridgehead atoms. The summed E-state index contributed by atoms with van der Waals surface area (Å²) in [7, 11) is 0. The molecule has 0 atom stereocenters. The van der Waals surface area contributed by atoms with Crippen molar-refractivity contribution in [3.8, 4) is 0 Å². The first-order valence-electron chi connectivity index (χ1n) is 8.12. The number of nitrogens with one attached hydrogen (secondary N) is 1. The summed E-state index contributed by atoms with van der Waals surface area (Å²) in [5.41, 5.74) is 2.61. The zero-order valence-electron chi connectivity index (χ0n) is 13.5. The van der Waals surface area contributed by atoms with Gasteiger partial charge in [-0.15, -0.1) is 0 Å². The van der Waals surface area contributed by atoms with Crippen molar-refractivity contribution >= 4 is 65.7 Å². The van der Waals surface area contributed by atoms with Gasteiger partial charge in [-0.25, -0.2) is 4.98 Å². The summed E-state index contributed by atoms with van der Waals surface area (Å²) in [4.78, 5) is 29.4. The molecule has 3 aromatic carbocycles. The molecule has 26 heavy (non-hydrogen) atoms. The molecule has 0 saturated heterocycles. The number of fused-ring (bicyclic) bond motifs is 4. The lowest BCUT2D eigenvalue weighted by Crippen LogP contribution is -2.13. The molecule has 0 unspecified atom stereocenters. The number of pyridine rings is 1. The number of hydrogen-bond acceptors (Lipinski definition) is 3. The van der Waals surface area contributed by atoms with Crippen molar-refractivity contribution in [2.24, 2.45) is 0 Å². The van der Waals surface area contributed by atoms with Gasteiger partial charge in [0.2, 0.25) is 5.91 Å². The molecule has 0 aliphatic carbocycles. The Bertz CT molecular complexity index is 1390. The van der Waals surface area contributed by atoms with E-state index >= 15 is 0 Å². The van der Waals surface area contributed by atoms with Gasteiger partial charge in [-0.2, -0.15) is 0 Å². The molecule has 0 aliphatic heterocycles. The largest absolute Gasteiger partial charge is 0.325 e. The Morgan fingerprint density at radius 1 is 1.08 bits per heavy atom. The van der Waals surface area contributed by atoms with Crippen LogP contribution in [-0.4, -0.2) is 20.6 Å². The fourth-order valence-corrected chi connectivity index (χ4v) is 3.70. The Kier molecular flexibility index (Phi) is 3.24. The molecular formula is C20H12BrN3O2. The second-order valence-electron chi connectivity index (χ2n) is 6.17. The molecule has 0 spiro atoms. The van der Waals surface area contributed by atoms with Crippen molar-refractivity contribution in [3.63, 3.8) is 0 Å². The summed E-state index contributed by atoms with van der Waals surface area (Å²) < 4.78 is 1.66. The van der Waals surface area contributed by atoms with Crippen LogP contribution in [0.1, 0.15) is 0 Å². The third kappa shape index (κ3) is 2.05. The van der Waals surface area contributed by atoms with Gasteiger partial charge in [0.1, 0.15) is 5.65 Å². The van der Waals surface area contributed by atoms with E-state index in [1.165, 1.54) is 0 Å². The second kappa shape index (κ2) is 5.51. The lowest BCUT2D eigenvalue weighted by atomic mass is 10.0. The van der Waals surface area contributed by atoms with E-state index in [1.54, 1.807) is 16.5 Å². The van der Waals surface area contributed by atoms with Crippen LogP contribution in [0.25, 0.3) is 38.2 Å². The fraction of sp³-hybridized carbons (Fsp3) is 0.0500. The van der Waals surface area contributed by atoms with E-state index in [1.807, 2.05) is 42.5 Å². The fourth-order valence-electron chi connectivity index (χ4n) is 3.56. The van der Waals surface area contributed by atoms with Crippen LogP contribution >= 0.6 is 15.9 Å². The van der Waals surface area contributed by atoms with Crippen molar-refractivity contribution in [1.29, 1.82) is 0 Å². The number of alkyl halides is 1. The molecule has 5 aromatic rings. The van der Waals surface area contributed by atoms with E-state index in [0.717, 1.165) is 21.7 Å². The minimum Gasteiger partial charge on any atom is -0.325 e. The number of carbonyl (C=O) groups is 1. The summed E-state index contributed by atoms with van der Waals surface area (Å²) in [5, 5.41) is 6.61. The van der Waals surface area contributed by atoms with Gasteiger partial charge in [-0.05, 0) is 29.7 Å². The van der Waals surface area contributed by atoms with Gasteiger partial charge in [0.15, 0.2) is 0 Å². The molecule has 0 saturated carbocycles. The normalized spacial score (nSPS) is 11.7. The summed E-state index contributed by atoms with van der Waals surface area (Å²) in [5.74, 6) is -0.137. The number of carbonyl (C=O) groups excluding carboxylic acids is 1.